The Hall–Kier alpha value is -1.79. The van der Waals surface area contributed by atoms with Crippen LogP contribution in [-0.2, 0) is 5.04 Å². The molecule has 0 aliphatic carbocycles. The summed E-state index contributed by atoms with van der Waals surface area (Å²) in [5, 5.41) is 14.7. The van der Waals surface area contributed by atoms with E-state index in [-0.39, 0.29) is 5.75 Å². The second kappa shape index (κ2) is 5.94. The van der Waals surface area contributed by atoms with Crippen molar-refractivity contribution in [1.82, 2.24) is 0 Å². The van der Waals surface area contributed by atoms with E-state index in [4.69, 9.17) is 11.0 Å². The SMILES string of the molecule is CCCNc1cc(OOO)ccc1C(N)=O. The van der Waals surface area contributed by atoms with Crippen molar-refractivity contribution in [3.05, 3.63) is 23.8 Å². The Bertz CT molecular complexity index is 368. The highest BCUT2D eigenvalue weighted by Crippen LogP contribution is 2.22. The summed E-state index contributed by atoms with van der Waals surface area (Å²) >= 11 is 0. The monoisotopic (exact) mass is 226 g/mol. The number of benzene rings is 1. The van der Waals surface area contributed by atoms with Crippen molar-refractivity contribution in [3.63, 3.8) is 0 Å². The van der Waals surface area contributed by atoms with Crippen molar-refractivity contribution >= 4 is 11.6 Å². The summed E-state index contributed by atoms with van der Waals surface area (Å²) in [4.78, 5) is 15.5. The molecule has 0 unspecified atom stereocenters. The van der Waals surface area contributed by atoms with Crippen LogP contribution in [0.5, 0.6) is 5.75 Å². The highest BCUT2D eigenvalue weighted by Gasteiger charge is 2.09. The van der Waals surface area contributed by atoms with Gasteiger partial charge in [0.1, 0.15) is 0 Å². The fourth-order valence-electron chi connectivity index (χ4n) is 1.24. The van der Waals surface area contributed by atoms with Crippen LogP contribution in [0, 0.1) is 0 Å². The molecule has 0 bridgehead atoms. The number of primary amides is 1. The third kappa shape index (κ3) is 3.11. The van der Waals surface area contributed by atoms with Gasteiger partial charge >= 0.3 is 0 Å². The fourth-order valence-corrected chi connectivity index (χ4v) is 1.24. The smallest absolute Gasteiger partial charge is 0.250 e. The Labute approximate surface area is 92.8 Å². The minimum Gasteiger partial charge on any atom is -0.384 e. The minimum absolute atomic E-state index is 0.270. The van der Waals surface area contributed by atoms with Crippen molar-refractivity contribution in [2.24, 2.45) is 5.73 Å². The predicted molar refractivity (Wildman–Crippen MR) is 58.1 cm³/mol. The van der Waals surface area contributed by atoms with Gasteiger partial charge in [0, 0.05) is 12.6 Å². The molecule has 0 saturated heterocycles. The molecule has 0 radical (unpaired) electrons. The largest absolute Gasteiger partial charge is 0.384 e. The molecule has 0 saturated carbocycles. The standard InChI is InChI=1S/C10H14N2O4/c1-2-5-12-9-6-7(15-16-14)3-4-8(9)10(11)13/h3-4,6,12,14H,2,5H2,1H3,(H2,11,13). The highest BCUT2D eigenvalue weighted by molar-refractivity contribution is 5.98. The molecule has 16 heavy (non-hydrogen) atoms. The second-order valence-electron chi connectivity index (χ2n) is 3.16. The number of nitrogens with two attached hydrogens (primary N) is 1. The topological polar surface area (TPSA) is 93.8 Å². The summed E-state index contributed by atoms with van der Waals surface area (Å²) in [5.41, 5.74) is 6.12. The molecule has 1 aromatic rings. The first kappa shape index (κ1) is 12.3. The fraction of sp³-hybridized carbons (Fsp3) is 0.300. The van der Waals surface area contributed by atoms with E-state index < -0.39 is 5.91 Å². The number of nitrogens with one attached hydrogen (secondary N) is 1. The van der Waals surface area contributed by atoms with Crippen molar-refractivity contribution in [2.45, 2.75) is 13.3 Å². The summed E-state index contributed by atoms with van der Waals surface area (Å²) in [6.45, 7) is 2.69. The Kier molecular flexibility index (Phi) is 4.56. The molecule has 1 aromatic carbocycles. The van der Waals surface area contributed by atoms with Crippen LogP contribution in [0.4, 0.5) is 5.69 Å². The average molecular weight is 226 g/mol. The van der Waals surface area contributed by atoms with E-state index in [1.54, 1.807) is 0 Å². The molecule has 0 heterocycles. The van der Waals surface area contributed by atoms with E-state index in [9.17, 15) is 4.79 Å². The molecule has 0 aliphatic rings. The maximum atomic E-state index is 11.1. The molecule has 1 rings (SSSR count). The molecule has 0 fully saturated rings. The zero-order chi connectivity index (χ0) is 12.0. The van der Waals surface area contributed by atoms with Crippen molar-refractivity contribution in [1.29, 1.82) is 0 Å². The van der Waals surface area contributed by atoms with Gasteiger partial charge in [-0.3, -0.25) is 4.79 Å². The molecule has 6 heteroatoms. The van der Waals surface area contributed by atoms with Gasteiger partial charge in [-0.2, -0.15) is 0 Å². The maximum absolute atomic E-state index is 11.1. The first-order valence-corrected chi connectivity index (χ1v) is 4.84. The summed E-state index contributed by atoms with van der Waals surface area (Å²) in [6.07, 6.45) is 0.903. The van der Waals surface area contributed by atoms with Crippen molar-refractivity contribution in [2.75, 3.05) is 11.9 Å². The molecular weight excluding hydrogens is 212 g/mol. The number of carbonyl (C=O) groups is 1. The van der Waals surface area contributed by atoms with E-state index >= 15 is 0 Å². The lowest BCUT2D eigenvalue weighted by Gasteiger charge is -2.10. The van der Waals surface area contributed by atoms with Gasteiger partial charge < -0.3 is 15.9 Å². The molecule has 4 N–H and O–H groups in total. The lowest BCUT2D eigenvalue weighted by Crippen LogP contribution is -2.14. The van der Waals surface area contributed by atoms with Gasteiger partial charge in [-0.05, 0) is 23.6 Å². The first-order chi connectivity index (χ1) is 7.69. The molecular formula is C10H14N2O4. The van der Waals surface area contributed by atoms with Gasteiger partial charge in [0.2, 0.25) is 0 Å². The molecule has 88 valence electrons. The van der Waals surface area contributed by atoms with Gasteiger partial charge in [-0.15, -0.1) is 0 Å². The number of anilines is 1. The molecule has 1 amide bonds. The van der Waals surface area contributed by atoms with Crippen LogP contribution < -0.4 is 15.9 Å². The second-order valence-corrected chi connectivity index (χ2v) is 3.16. The maximum Gasteiger partial charge on any atom is 0.250 e. The molecule has 0 atom stereocenters. The number of rotatable bonds is 6. The van der Waals surface area contributed by atoms with Gasteiger partial charge in [0.15, 0.2) is 5.75 Å². The number of hydrogen-bond donors (Lipinski definition) is 3. The Morgan fingerprint density at radius 3 is 2.88 bits per heavy atom. The first-order valence-electron chi connectivity index (χ1n) is 4.84. The van der Waals surface area contributed by atoms with Crippen LogP contribution >= 0.6 is 0 Å². The lowest BCUT2D eigenvalue weighted by molar-refractivity contribution is -0.438. The number of amides is 1. The zero-order valence-electron chi connectivity index (χ0n) is 8.90. The van der Waals surface area contributed by atoms with Gasteiger partial charge in [-0.25, -0.2) is 5.26 Å². The Morgan fingerprint density at radius 2 is 2.31 bits per heavy atom. The van der Waals surface area contributed by atoms with Crippen LogP contribution in [0.25, 0.3) is 0 Å². The normalized spacial score (nSPS) is 9.88. The molecule has 6 nitrogen and oxygen atoms in total. The third-order valence-corrected chi connectivity index (χ3v) is 1.96. The molecule has 0 aliphatic heterocycles. The summed E-state index contributed by atoms with van der Waals surface area (Å²) in [5.74, 6) is -0.263. The summed E-state index contributed by atoms with van der Waals surface area (Å²) in [6, 6.07) is 4.48. The predicted octanol–water partition coefficient (Wildman–Crippen LogP) is 1.39. The van der Waals surface area contributed by atoms with Crippen LogP contribution in [-0.4, -0.2) is 17.7 Å². The van der Waals surface area contributed by atoms with Crippen LogP contribution in [0.1, 0.15) is 23.7 Å². The van der Waals surface area contributed by atoms with Crippen LogP contribution in [0.15, 0.2) is 18.2 Å². The van der Waals surface area contributed by atoms with E-state index in [0.29, 0.717) is 17.8 Å². The van der Waals surface area contributed by atoms with Gasteiger partial charge in [0.25, 0.3) is 5.91 Å². The minimum atomic E-state index is -0.532. The average Bonchev–Trinajstić information content (AvgIpc) is 2.26. The summed E-state index contributed by atoms with van der Waals surface area (Å²) in [7, 11) is 0. The number of hydrogen-bond acceptors (Lipinski definition) is 5. The third-order valence-electron chi connectivity index (χ3n) is 1.96. The Morgan fingerprint density at radius 1 is 1.56 bits per heavy atom. The van der Waals surface area contributed by atoms with Crippen molar-refractivity contribution in [3.8, 4) is 5.75 Å². The van der Waals surface area contributed by atoms with Crippen LogP contribution in [0.2, 0.25) is 0 Å². The van der Waals surface area contributed by atoms with Crippen molar-refractivity contribution < 1.29 is 20.0 Å². The quantitative estimate of drug-likeness (QED) is 0.503. The van der Waals surface area contributed by atoms with E-state index in [0.717, 1.165) is 6.42 Å². The van der Waals surface area contributed by atoms with E-state index in [1.165, 1.54) is 18.2 Å². The van der Waals surface area contributed by atoms with E-state index in [1.807, 2.05) is 6.92 Å². The van der Waals surface area contributed by atoms with Crippen LogP contribution in [0.3, 0.4) is 0 Å². The van der Waals surface area contributed by atoms with Gasteiger partial charge in [0.05, 0.1) is 11.3 Å². The summed E-state index contributed by atoms with van der Waals surface area (Å²) < 4.78 is 0. The number of carbonyl (C=O) groups excluding carboxylic acids is 1. The highest BCUT2D eigenvalue weighted by atomic mass is 17.5. The lowest BCUT2D eigenvalue weighted by atomic mass is 10.1. The molecule has 0 spiro atoms. The Balaban J connectivity index is 2.95. The van der Waals surface area contributed by atoms with E-state index in [2.05, 4.69) is 15.2 Å². The molecule has 0 aromatic heterocycles. The zero-order valence-corrected chi connectivity index (χ0v) is 8.90. The van der Waals surface area contributed by atoms with Gasteiger partial charge in [-0.1, -0.05) is 6.92 Å².